The van der Waals surface area contributed by atoms with E-state index in [0.717, 1.165) is 28.5 Å². The van der Waals surface area contributed by atoms with Crippen LogP contribution < -0.4 is 19.7 Å². The molecule has 190 valence electrons. The lowest BCUT2D eigenvalue weighted by atomic mass is 10.0. The molecule has 5 rings (SSSR count). The molecular weight excluding hydrogens is 508 g/mol. The zero-order chi connectivity index (χ0) is 25.8. The predicted octanol–water partition coefficient (Wildman–Crippen LogP) is 5.74. The van der Waals surface area contributed by atoms with E-state index in [1.807, 2.05) is 66.9 Å². The minimum atomic E-state index is -0.208. The lowest BCUT2D eigenvalue weighted by Crippen LogP contribution is -2.30. The van der Waals surface area contributed by atoms with E-state index in [2.05, 4.69) is 31.9 Å². The van der Waals surface area contributed by atoms with Crippen LogP contribution in [0.15, 0.2) is 85.2 Å². The highest BCUT2D eigenvalue weighted by Gasteiger charge is 2.42. The van der Waals surface area contributed by atoms with Gasteiger partial charge in [-0.1, -0.05) is 23.7 Å². The minimum Gasteiger partial charge on any atom is -0.497 e. The number of ether oxygens (including phenoxy) is 3. The van der Waals surface area contributed by atoms with Crippen LogP contribution in [-0.2, 0) is 4.74 Å². The van der Waals surface area contributed by atoms with Crippen molar-refractivity contribution in [2.75, 3.05) is 32.3 Å². The topological polar surface area (TPSA) is 60.8 Å². The summed E-state index contributed by atoms with van der Waals surface area (Å²) in [6.45, 7) is 0.894. The van der Waals surface area contributed by atoms with Crippen molar-refractivity contribution in [2.45, 2.75) is 12.1 Å². The van der Waals surface area contributed by atoms with Gasteiger partial charge in [-0.15, -0.1) is 0 Å². The maximum atomic E-state index is 6.63. The third-order valence-corrected chi connectivity index (χ3v) is 6.86. The Kier molecular flexibility index (Phi) is 7.60. The van der Waals surface area contributed by atoms with Gasteiger partial charge >= 0.3 is 0 Å². The standard InChI is InChI=1S/C28H27ClN4O3S/c1-34-15-16-36-25-12-11-20(18-22(25)29)33-27(26(31-28(33)37)23-9-3-4-13-30-23)24-10-6-14-32(24)19-7-5-8-21(17-19)35-2/h3-14,17-18,26-27H,15-16H2,1-2H3,(H,31,37)/t26-,27-/m0/s1. The zero-order valence-corrected chi connectivity index (χ0v) is 22.1. The van der Waals surface area contributed by atoms with Crippen LogP contribution in [0.3, 0.4) is 0 Å². The molecule has 0 aliphatic carbocycles. The van der Waals surface area contributed by atoms with Crippen LogP contribution in [0.2, 0.25) is 5.02 Å². The van der Waals surface area contributed by atoms with E-state index in [4.69, 9.17) is 38.0 Å². The molecule has 0 radical (unpaired) electrons. The quantitative estimate of drug-likeness (QED) is 0.217. The molecule has 0 spiro atoms. The Bertz CT molecular complexity index is 1380. The molecule has 0 unspecified atom stereocenters. The summed E-state index contributed by atoms with van der Waals surface area (Å²) in [5.74, 6) is 1.38. The first kappa shape index (κ1) is 25.1. The van der Waals surface area contributed by atoms with Gasteiger partial charge in [-0.3, -0.25) is 4.98 Å². The van der Waals surface area contributed by atoms with Crippen molar-refractivity contribution < 1.29 is 14.2 Å². The monoisotopic (exact) mass is 534 g/mol. The fraction of sp³-hybridized carbons (Fsp3) is 0.214. The van der Waals surface area contributed by atoms with Gasteiger partial charge in [0.15, 0.2) is 5.11 Å². The number of nitrogens with one attached hydrogen (secondary N) is 1. The summed E-state index contributed by atoms with van der Waals surface area (Å²) < 4.78 is 18.5. The van der Waals surface area contributed by atoms with Crippen LogP contribution in [0.4, 0.5) is 5.69 Å². The molecule has 0 saturated carbocycles. The number of benzene rings is 2. The second-order valence-electron chi connectivity index (χ2n) is 8.46. The summed E-state index contributed by atoms with van der Waals surface area (Å²) in [5.41, 5.74) is 3.76. The van der Waals surface area contributed by atoms with E-state index in [0.29, 0.717) is 29.1 Å². The maximum Gasteiger partial charge on any atom is 0.174 e. The molecular formula is C28H27ClN4O3S. The van der Waals surface area contributed by atoms with Gasteiger partial charge in [-0.25, -0.2) is 0 Å². The summed E-state index contributed by atoms with van der Waals surface area (Å²) in [6.07, 6.45) is 3.84. The lowest BCUT2D eigenvalue weighted by Gasteiger charge is -2.29. The summed E-state index contributed by atoms with van der Waals surface area (Å²) in [6, 6.07) is 23.3. The number of thiocarbonyl (C=S) groups is 1. The Labute approximate surface area is 226 Å². The summed E-state index contributed by atoms with van der Waals surface area (Å²) in [4.78, 5) is 6.74. The summed E-state index contributed by atoms with van der Waals surface area (Å²) in [7, 11) is 3.30. The number of hydrogen-bond acceptors (Lipinski definition) is 5. The molecule has 4 aromatic rings. The number of rotatable bonds is 9. The molecule has 2 atom stereocenters. The summed E-state index contributed by atoms with van der Waals surface area (Å²) >= 11 is 12.5. The SMILES string of the molecule is COCCOc1ccc(N2C(=S)N[C@@H](c3ccccn3)[C@@H]2c2cccn2-c2cccc(OC)c2)cc1Cl. The Hall–Kier alpha value is -3.59. The smallest absolute Gasteiger partial charge is 0.174 e. The molecule has 2 aromatic carbocycles. The van der Waals surface area contributed by atoms with Crippen LogP contribution in [-0.4, -0.2) is 42.1 Å². The van der Waals surface area contributed by atoms with Crippen molar-refractivity contribution in [3.63, 3.8) is 0 Å². The number of aromatic nitrogens is 2. The first-order valence-corrected chi connectivity index (χ1v) is 12.6. The third-order valence-electron chi connectivity index (χ3n) is 6.25. The first-order valence-electron chi connectivity index (χ1n) is 11.8. The van der Waals surface area contributed by atoms with Crippen LogP contribution in [0, 0.1) is 0 Å². The second kappa shape index (κ2) is 11.2. The van der Waals surface area contributed by atoms with E-state index in [1.54, 1.807) is 20.4 Å². The van der Waals surface area contributed by atoms with Gasteiger partial charge in [-0.05, 0) is 66.8 Å². The molecule has 9 heteroatoms. The van der Waals surface area contributed by atoms with Crippen LogP contribution in [0.25, 0.3) is 5.69 Å². The zero-order valence-electron chi connectivity index (χ0n) is 20.5. The van der Waals surface area contributed by atoms with Gasteiger partial charge in [0.1, 0.15) is 24.1 Å². The largest absolute Gasteiger partial charge is 0.497 e. The molecule has 3 heterocycles. The molecule has 1 aliphatic rings. The number of anilines is 1. The number of methoxy groups -OCH3 is 2. The number of pyridine rings is 1. The lowest BCUT2D eigenvalue weighted by molar-refractivity contribution is 0.146. The third kappa shape index (κ3) is 5.13. The summed E-state index contributed by atoms with van der Waals surface area (Å²) in [5, 5.41) is 4.59. The predicted molar refractivity (Wildman–Crippen MR) is 149 cm³/mol. The van der Waals surface area contributed by atoms with Crippen molar-refractivity contribution in [1.82, 2.24) is 14.9 Å². The second-order valence-corrected chi connectivity index (χ2v) is 9.25. The van der Waals surface area contributed by atoms with Crippen molar-refractivity contribution >= 4 is 34.6 Å². The fourth-order valence-corrected chi connectivity index (χ4v) is 5.13. The highest BCUT2D eigenvalue weighted by Crippen LogP contribution is 2.43. The van der Waals surface area contributed by atoms with Gasteiger partial charge < -0.3 is 29.0 Å². The first-order chi connectivity index (χ1) is 18.1. The number of nitrogens with zero attached hydrogens (tertiary/aromatic N) is 3. The van der Waals surface area contributed by atoms with Crippen LogP contribution in [0.1, 0.15) is 23.5 Å². The molecule has 1 aliphatic heterocycles. The van der Waals surface area contributed by atoms with E-state index >= 15 is 0 Å². The van der Waals surface area contributed by atoms with E-state index in [1.165, 1.54) is 0 Å². The van der Waals surface area contributed by atoms with Crippen molar-refractivity contribution in [1.29, 1.82) is 0 Å². The van der Waals surface area contributed by atoms with Crippen molar-refractivity contribution in [3.8, 4) is 17.2 Å². The molecule has 7 nitrogen and oxygen atoms in total. The molecule has 2 aromatic heterocycles. The highest BCUT2D eigenvalue weighted by molar-refractivity contribution is 7.80. The van der Waals surface area contributed by atoms with Crippen molar-refractivity contribution in [2.24, 2.45) is 0 Å². The number of halogens is 1. The van der Waals surface area contributed by atoms with Crippen LogP contribution >= 0.6 is 23.8 Å². The molecule has 37 heavy (non-hydrogen) atoms. The van der Waals surface area contributed by atoms with E-state index in [-0.39, 0.29) is 12.1 Å². The Morgan fingerprint density at radius 1 is 0.973 bits per heavy atom. The Morgan fingerprint density at radius 3 is 2.62 bits per heavy atom. The normalized spacial score (nSPS) is 17.1. The molecule has 1 fully saturated rings. The number of hydrogen-bond donors (Lipinski definition) is 1. The molecule has 1 saturated heterocycles. The molecule has 0 bridgehead atoms. The average molecular weight is 535 g/mol. The van der Waals surface area contributed by atoms with Gasteiger partial charge in [0.25, 0.3) is 0 Å². The fourth-order valence-electron chi connectivity index (χ4n) is 4.56. The van der Waals surface area contributed by atoms with Gasteiger partial charge in [0.2, 0.25) is 0 Å². The molecule has 1 N–H and O–H groups in total. The van der Waals surface area contributed by atoms with Gasteiger partial charge in [0, 0.05) is 42.6 Å². The Morgan fingerprint density at radius 2 is 1.86 bits per heavy atom. The van der Waals surface area contributed by atoms with Crippen LogP contribution in [0.5, 0.6) is 11.5 Å². The maximum absolute atomic E-state index is 6.63. The van der Waals surface area contributed by atoms with E-state index in [9.17, 15) is 0 Å². The average Bonchev–Trinajstić information content (AvgIpc) is 3.54. The van der Waals surface area contributed by atoms with Crippen molar-refractivity contribution in [3.05, 3.63) is 102 Å². The molecule has 0 amide bonds. The Balaban J connectivity index is 1.59. The minimum absolute atomic E-state index is 0.190. The van der Waals surface area contributed by atoms with Gasteiger partial charge in [-0.2, -0.15) is 0 Å². The van der Waals surface area contributed by atoms with Gasteiger partial charge in [0.05, 0.1) is 30.5 Å². The van der Waals surface area contributed by atoms with E-state index < -0.39 is 0 Å². The highest BCUT2D eigenvalue weighted by atomic mass is 35.5.